The minimum absolute atomic E-state index is 0.192. The first-order valence-corrected chi connectivity index (χ1v) is 10.9. The van der Waals surface area contributed by atoms with Gasteiger partial charge in [-0.1, -0.05) is 24.3 Å². The lowest BCUT2D eigenvalue weighted by atomic mass is 9.92. The molecule has 0 aliphatic carbocycles. The number of likely N-dealkylation sites (tertiary alicyclic amines) is 1. The van der Waals surface area contributed by atoms with Crippen molar-refractivity contribution in [3.8, 4) is 10.4 Å². The summed E-state index contributed by atoms with van der Waals surface area (Å²) in [4.78, 5) is 31.6. The van der Waals surface area contributed by atoms with E-state index in [9.17, 15) is 19.8 Å². The van der Waals surface area contributed by atoms with Crippen LogP contribution in [0.3, 0.4) is 0 Å². The molecule has 1 aliphatic heterocycles. The summed E-state index contributed by atoms with van der Waals surface area (Å²) in [6, 6.07) is 7.29. The van der Waals surface area contributed by atoms with Crippen LogP contribution in [-0.2, 0) is 9.59 Å². The molecule has 2 aromatic rings. The van der Waals surface area contributed by atoms with Crippen LogP contribution in [0.4, 0.5) is 0 Å². The minimum atomic E-state index is -1.00. The zero-order chi connectivity index (χ0) is 22.1. The van der Waals surface area contributed by atoms with Crippen molar-refractivity contribution in [2.45, 2.75) is 52.3 Å². The van der Waals surface area contributed by atoms with Crippen molar-refractivity contribution in [3.63, 3.8) is 0 Å². The Morgan fingerprint density at radius 1 is 1.33 bits per heavy atom. The Labute approximate surface area is 180 Å². The van der Waals surface area contributed by atoms with Gasteiger partial charge in [0.05, 0.1) is 39.7 Å². The number of benzene rings is 1. The van der Waals surface area contributed by atoms with Gasteiger partial charge >= 0.3 is 5.97 Å². The first-order chi connectivity index (χ1) is 14.1. The second-order valence-electron chi connectivity index (χ2n) is 8.64. The third kappa shape index (κ3) is 4.88. The molecule has 1 aliphatic rings. The van der Waals surface area contributed by atoms with Crippen LogP contribution in [0.2, 0.25) is 0 Å². The molecule has 0 spiro atoms. The van der Waals surface area contributed by atoms with E-state index in [1.165, 1.54) is 0 Å². The average molecular weight is 432 g/mol. The van der Waals surface area contributed by atoms with E-state index in [1.54, 1.807) is 30.1 Å². The fourth-order valence-corrected chi connectivity index (χ4v) is 4.61. The molecule has 3 atom stereocenters. The number of β-amino-alcohol motifs (C(OH)–C–C–N with tert-alkyl or cyclic N) is 1. The summed E-state index contributed by atoms with van der Waals surface area (Å²) in [7, 11) is 0. The van der Waals surface area contributed by atoms with E-state index >= 15 is 0 Å². The number of aryl methyl sites for hydroxylation is 1. The van der Waals surface area contributed by atoms with E-state index < -0.39 is 23.5 Å². The lowest BCUT2D eigenvalue weighted by molar-refractivity contribution is -0.148. The molecule has 162 valence electrons. The molecule has 0 radical (unpaired) electrons. The lowest BCUT2D eigenvalue weighted by Gasteiger charge is -2.30. The number of amides is 1. The number of aliphatic hydroxyl groups excluding tert-OH is 1. The first-order valence-electron chi connectivity index (χ1n) is 10.0. The standard InChI is InChI=1S/C22H29N3O4S/c1-13(15-5-7-16(8-6-15)19-14(2)23-12-30-19)24-20(27)18-9-17(26)10-25(18)11-22(3,4)21(28)29/h5-8,12-13,17-18,26H,9-11H2,1-4H3,(H,24,27)(H,28,29)/t13-,17+,18-/m0/s1. The molecule has 0 bridgehead atoms. The molecular formula is C22H29N3O4S. The first kappa shape index (κ1) is 22.4. The molecule has 7 nitrogen and oxygen atoms in total. The number of rotatable bonds is 7. The maximum Gasteiger partial charge on any atom is 0.310 e. The maximum absolute atomic E-state index is 12.9. The highest BCUT2D eigenvalue weighted by molar-refractivity contribution is 7.13. The Morgan fingerprint density at radius 2 is 2.00 bits per heavy atom. The smallest absolute Gasteiger partial charge is 0.310 e. The molecule has 1 fully saturated rings. The van der Waals surface area contributed by atoms with Gasteiger partial charge in [0.1, 0.15) is 0 Å². The van der Waals surface area contributed by atoms with Crippen molar-refractivity contribution in [1.29, 1.82) is 0 Å². The highest BCUT2D eigenvalue weighted by Crippen LogP contribution is 2.29. The number of thiazole rings is 1. The van der Waals surface area contributed by atoms with Crippen LogP contribution in [0.15, 0.2) is 29.8 Å². The number of carbonyl (C=O) groups excluding carboxylic acids is 1. The zero-order valence-corrected chi connectivity index (χ0v) is 18.6. The van der Waals surface area contributed by atoms with Crippen molar-refractivity contribution in [3.05, 3.63) is 41.0 Å². The van der Waals surface area contributed by atoms with E-state index in [0.717, 1.165) is 21.7 Å². The van der Waals surface area contributed by atoms with Gasteiger partial charge in [0.2, 0.25) is 5.91 Å². The van der Waals surface area contributed by atoms with Crippen molar-refractivity contribution in [2.24, 2.45) is 5.41 Å². The van der Waals surface area contributed by atoms with E-state index in [2.05, 4.69) is 10.3 Å². The van der Waals surface area contributed by atoms with Gasteiger partial charge in [-0.15, -0.1) is 11.3 Å². The minimum Gasteiger partial charge on any atom is -0.481 e. The van der Waals surface area contributed by atoms with Crippen LogP contribution >= 0.6 is 11.3 Å². The number of carboxylic acid groups (broad SMARTS) is 1. The number of hydrogen-bond donors (Lipinski definition) is 3. The molecular weight excluding hydrogens is 402 g/mol. The van der Waals surface area contributed by atoms with Crippen LogP contribution in [0.25, 0.3) is 10.4 Å². The topological polar surface area (TPSA) is 103 Å². The fourth-order valence-electron chi connectivity index (χ4n) is 3.80. The Balaban J connectivity index is 1.67. The summed E-state index contributed by atoms with van der Waals surface area (Å²) < 4.78 is 0. The Morgan fingerprint density at radius 3 is 2.57 bits per heavy atom. The Kier molecular flexibility index (Phi) is 6.59. The number of aromatic nitrogens is 1. The summed E-state index contributed by atoms with van der Waals surface area (Å²) in [5.41, 5.74) is 3.90. The summed E-state index contributed by atoms with van der Waals surface area (Å²) in [6.07, 6.45) is -0.333. The number of aliphatic hydroxyl groups is 1. The van der Waals surface area contributed by atoms with Crippen LogP contribution in [0.5, 0.6) is 0 Å². The second-order valence-corrected chi connectivity index (χ2v) is 9.50. The molecule has 2 heterocycles. The van der Waals surface area contributed by atoms with Gasteiger partial charge in [0.15, 0.2) is 0 Å². The van der Waals surface area contributed by atoms with Gasteiger partial charge < -0.3 is 15.5 Å². The predicted octanol–water partition coefficient (Wildman–Crippen LogP) is 2.84. The molecule has 1 amide bonds. The summed E-state index contributed by atoms with van der Waals surface area (Å²) in [5, 5.41) is 22.5. The monoisotopic (exact) mass is 431 g/mol. The molecule has 3 rings (SSSR count). The van der Waals surface area contributed by atoms with Gasteiger partial charge in [-0.05, 0) is 45.2 Å². The van der Waals surface area contributed by atoms with Crippen molar-refractivity contribution >= 4 is 23.2 Å². The number of hydrogen-bond acceptors (Lipinski definition) is 6. The third-order valence-corrected chi connectivity index (χ3v) is 6.62. The lowest BCUT2D eigenvalue weighted by Crippen LogP contribution is -2.48. The van der Waals surface area contributed by atoms with Gasteiger partial charge in [0, 0.05) is 13.1 Å². The highest BCUT2D eigenvalue weighted by Gasteiger charge is 2.41. The number of nitrogens with zero attached hydrogens (tertiary/aromatic N) is 2. The summed E-state index contributed by atoms with van der Waals surface area (Å²) >= 11 is 1.60. The third-order valence-electron chi connectivity index (χ3n) is 5.64. The normalized spacial score (nSPS) is 20.8. The molecule has 0 unspecified atom stereocenters. The molecule has 1 aromatic carbocycles. The molecule has 1 aromatic heterocycles. The van der Waals surface area contributed by atoms with Crippen LogP contribution in [0, 0.1) is 12.3 Å². The molecule has 3 N–H and O–H groups in total. The molecule has 1 saturated heterocycles. The predicted molar refractivity (Wildman–Crippen MR) is 116 cm³/mol. The Bertz CT molecular complexity index is 909. The fraction of sp³-hybridized carbons (Fsp3) is 0.500. The van der Waals surface area contributed by atoms with Gasteiger partial charge in [-0.25, -0.2) is 4.98 Å². The Hall–Kier alpha value is -2.29. The van der Waals surface area contributed by atoms with Crippen LogP contribution in [-0.4, -0.2) is 57.2 Å². The largest absolute Gasteiger partial charge is 0.481 e. The van der Waals surface area contributed by atoms with Gasteiger partial charge in [-0.3, -0.25) is 14.5 Å². The number of aliphatic carboxylic acids is 1. The van der Waals surface area contributed by atoms with E-state index in [1.807, 2.05) is 43.6 Å². The molecule has 8 heteroatoms. The van der Waals surface area contributed by atoms with Crippen molar-refractivity contribution in [2.75, 3.05) is 13.1 Å². The average Bonchev–Trinajstić information content (AvgIpc) is 3.26. The number of carbonyl (C=O) groups is 2. The van der Waals surface area contributed by atoms with Crippen LogP contribution in [0.1, 0.15) is 44.5 Å². The van der Waals surface area contributed by atoms with Gasteiger partial charge in [-0.2, -0.15) is 0 Å². The van der Waals surface area contributed by atoms with Crippen LogP contribution < -0.4 is 5.32 Å². The number of nitrogens with one attached hydrogen (secondary N) is 1. The zero-order valence-electron chi connectivity index (χ0n) is 17.8. The van der Waals surface area contributed by atoms with Crippen molar-refractivity contribution < 1.29 is 19.8 Å². The summed E-state index contributed by atoms with van der Waals surface area (Å²) in [6.45, 7) is 7.66. The van der Waals surface area contributed by atoms with E-state index in [-0.39, 0.29) is 18.5 Å². The second kappa shape index (κ2) is 8.83. The quantitative estimate of drug-likeness (QED) is 0.623. The van der Waals surface area contributed by atoms with Crippen molar-refractivity contribution in [1.82, 2.24) is 15.2 Å². The highest BCUT2D eigenvalue weighted by atomic mass is 32.1. The molecule has 0 saturated carbocycles. The van der Waals surface area contributed by atoms with E-state index in [4.69, 9.17) is 0 Å². The number of carboxylic acids is 1. The SMILES string of the molecule is Cc1ncsc1-c1ccc([C@H](C)NC(=O)[C@@H]2C[C@@H](O)CN2CC(C)(C)C(=O)O)cc1. The molecule has 30 heavy (non-hydrogen) atoms. The summed E-state index contributed by atoms with van der Waals surface area (Å²) in [5.74, 6) is -1.12. The van der Waals surface area contributed by atoms with Gasteiger partial charge in [0.25, 0.3) is 0 Å². The van der Waals surface area contributed by atoms with E-state index in [0.29, 0.717) is 13.0 Å². The maximum atomic E-state index is 12.9.